The van der Waals surface area contributed by atoms with Gasteiger partial charge in [-0.05, 0) is 12.8 Å². The molecular formula is C14H22N4O3S. The van der Waals surface area contributed by atoms with Crippen molar-refractivity contribution in [1.29, 1.82) is 0 Å². The van der Waals surface area contributed by atoms with Gasteiger partial charge in [-0.25, -0.2) is 4.79 Å². The van der Waals surface area contributed by atoms with Crippen LogP contribution in [-0.4, -0.2) is 47.5 Å². The van der Waals surface area contributed by atoms with E-state index < -0.39 is 5.91 Å². The van der Waals surface area contributed by atoms with Crippen LogP contribution in [0, 0.1) is 0 Å². The first-order valence-corrected chi connectivity index (χ1v) is 8.52. The third-order valence-corrected chi connectivity index (χ3v) is 5.29. The van der Waals surface area contributed by atoms with E-state index in [4.69, 9.17) is 5.73 Å². The van der Waals surface area contributed by atoms with E-state index in [1.807, 2.05) is 11.8 Å². The van der Waals surface area contributed by atoms with Crippen molar-refractivity contribution >= 4 is 29.6 Å². The molecule has 0 radical (unpaired) electrons. The van der Waals surface area contributed by atoms with E-state index in [9.17, 15) is 14.4 Å². The van der Waals surface area contributed by atoms with Crippen molar-refractivity contribution in [3.05, 3.63) is 12.2 Å². The van der Waals surface area contributed by atoms with Crippen LogP contribution in [-0.2, 0) is 9.59 Å². The number of fused-ring (bicyclic) bond motifs is 1. The Morgan fingerprint density at radius 2 is 2.18 bits per heavy atom. The molecule has 2 heterocycles. The number of primary amides is 1. The Bertz CT molecular complexity index is 469. The highest BCUT2D eigenvalue weighted by molar-refractivity contribution is 8.00. The standard InChI is InChI=1S/C14H22N4O3S/c15-11(19)5-3-7-16-12(20)6-2-1-4-10-13-9(8-22-10)17-14(21)18-13/h3,5,9-10,13H,1-2,4,6-8H2,(H2,15,19)(H,16,20)(H2,17,18,21)/b5-3+/t9-,10-,13-/m1/s1. The van der Waals surface area contributed by atoms with Crippen molar-refractivity contribution in [3.8, 4) is 0 Å². The number of rotatable bonds is 8. The van der Waals surface area contributed by atoms with Gasteiger partial charge in [-0.2, -0.15) is 11.8 Å². The van der Waals surface area contributed by atoms with Crippen LogP contribution in [0.15, 0.2) is 12.2 Å². The normalized spacial score (nSPS) is 26.5. The molecule has 2 aliphatic heterocycles. The monoisotopic (exact) mass is 326 g/mol. The first-order chi connectivity index (χ1) is 10.6. The van der Waals surface area contributed by atoms with E-state index in [0.717, 1.165) is 25.0 Å². The van der Waals surface area contributed by atoms with Crippen LogP contribution in [0.3, 0.4) is 0 Å². The average Bonchev–Trinajstić information content (AvgIpc) is 2.99. The molecule has 4 amide bonds. The van der Waals surface area contributed by atoms with Gasteiger partial charge < -0.3 is 21.7 Å². The van der Waals surface area contributed by atoms with Gasteiger partial charge in [-0.1, -0.05) is 12.5 Å². The van der Waals surface area contributed by atoms with Crippen LogP contribution in [0.1, 0.15) is 25.7 Å². The third-order valence-electron chi connectivity index (χ3n) is 3.78. The summed E-state index contributed by atoms with van der Waals surface area (Å²) in [6.07, 6.45) is 6.02. The number of carbonyl (C=O) groups is 3. The van der Waals surface area contributed by atoms with Gasteiger partial charge >= 0.3 is 6.03 Å². The van der Waals surface area contributed by atoms with E-state index in [1.54, 1.807) is 0 Å². The van der Waals surface area contributed by atoms with Gasteiger partial charge in [-0.15, -0.1) is 0 Å². The Balaban J connectivity index is 1.55. The van der Waals surface area contributed by atoms with E-state index in [-0.39, 0.29) is 24.0 Å². The molecule has 8 heteroatoms. The molecule has 22 heavy (non-hydrogen) atoms. The molecule has 2 aliphatic rings. The fourth-order valence-electron chi connectivity index (χ4n) is 2.71. The molecule has 0 bridgehead atoms. The van der Waals surface area contributed by atoms with Crippen molar-refractivity contribution in [2.75, 3.05) is 12.3 Å². The van der Waals surface area contributed by atoms with Gasteiger partial charge in [0.15, 0.2) is 0 Å². The molecule has 3 atom stereocenters. The van der Waals surface area contributed by atoms with E-state index in [2.05, 4.69) is 16.0 Å². The Labute approximate surface area is 133 Å². The first-order valence-electron chi connectivity index (χ1n) is 7.47. The predicted molar refractivity (Wildman–Crippen MR) is 85.3 cm³/mol. The van der Waals surface area contributed by atoms with Crippen LogP contribution in [0.2, 0.25) is 0 Å². The van der Waals surface area contributed by atoms with Crippen molar-refractivity contribution in [2.24, 2.45) is 5.73 Å². The maximum absolute atomic E-state index is 11.6. The Morgan fingerprint density at radius 1 is 1.36 bits per heavy atom. The van der Waals surface area contributed by atoms with Gasteiger partial charge in [0.2, 0.25) is 11.8 Å². The third kappa shape index (κ3) is 4.94. The molecule has 0 aliphatic carbocycles. The number of hydrogen-bond acceptors (Lipinski definition) is 4. The summed E-state index contributed by atoms with van der Waals surface area (Å²) in [6.45, 7) is 0.321. The lowest BCUT2D eigenvalue weighted by Crippen LogP contribution is -2.36. The minimum absolute atomic E-state index is 0.0260. The molecule has 0 saturated carbocycles. The maximum Gasteiger partial charge on any atom is 0.315 e. The zero-order valence-corrected chi connectivity index (χ0v) is 13.2. The van der Waals surface area contributed by atoms with Crippen LogP contribution in [0.4, 0.5) is 4.79 Å². The van der Waals surface area contributed by atoms with Gasteiger partial charge in [0.1, 0.15) is 0 Å². The van der Waals surface area contributed by atoms with Gasteiger partial charge in [0, 0.05) is 30.0 Å². The minimum Gasteiger partial charge on any atom is -0.366 e. The Kier molecular flexibility index (Phi) is 6.11. The topological polar surface area (TPSA) is 113 Å². The minimum atomic E-state index is -0.518. The molecule has 2 fully saturated rings. The molecule has 2 rings (SSSR count). The second kappa shape index (κ2) is 8.07. The molecule has 0 aromatic rings. The highest BCUT2D eigenvalue weighted by Gasteiger charge is 2.42. The molecule has 7 nitrogen and oxygen atoms in total. The molecule has 5 N–H and O–H groups in total. The van der Waals surface area contributed by atoms with E-state index in [0.29, 0.717) is 18.2 Å². The molecule has 122 valence electrons. The van der Waals surface area contributed by atoms with Gasteiger partial charge in [0.25, 0.3) is 0 Å². The van der Waals surface area contributed by atoms with Crippen molar-refractivity contribution < 1.29 is 14.4 Å². The maximum atomic E-state index is 11.6. The molecule has 0 unspecified atom stereocenters. The number of thioether (sulfide) groups is 1. The number of nitrogens with one attached hydrogen (secondary N) is 3. The highest BCUT2D eigenvalue weighted by atomic mass is 32.2. The lowest BCUT2D eigenvalue weighted by Gasteiger charge is -2.16. The van der Waals surface area contributed by atoms with E-state index >= 15 is 0 Å². The lowest BCUT2D eigenvalue weighted by molar-refractivity contribution is -0.121. The van der Waals surface area contributed by atoms with Crippen LogP contribution < -0.4 is 21.7 Å². The number of carbonyl (C=O) groups excluding carboxylic acids is 3. The van der Waals surface area contributed by atoms with Crippen molar-refractivity contribution in [1.82, 2.24) is 16.0 Å². The van der Waals surface area contributed by atoms with Crippen molar-refractivity contribution in [2.45, 2.75) is 43.0 Å². The smallest absolute Gasteiger partial charge is 0.315 e. The summed E-state index contributed by atoms with van der Waals surface area (Å²) in [5.41, 5.74) is 4.94. The Morgan fingerprint density at radius 3 is 2.95 bits per heavy atom. The first kappa shape index (κ1) is 16.7. The molecule has 0 aromatic heterocycles. The molecular weight excluding hydrogens is 304 g/mol. The summed E-state index contributed by atoms with van der Waals surface area (Å²) < 4.78 is 0. The second-order valence-electron chi connectivity index (χ2n) is 5.48. The number of nitrogens with two attached hydrogens (primary N) is 1. The number of urea groups is 1. The summed E-state index contributed by atoms with van der Waals surface area (Å²) in [7, 11) is 0. The molecule has 0 spiro atoms. The number of amides is 4. The predicted octanol–water partition coefficient (Wildman–Crippen LogP) is -0.130. The fraction of sp³-hybridized carbons (Fsp3) is 0.643. The summed E-state index contributed by atoms with van der Waals surface area (Å²) in [5, 5.41) is 9.02. The van der Waals surface area contributed by atoms with E-state index in [1.165, 1.54) is 12.2 Å². The van der Waals surface area contributed by atoms with Crippen LogP contribution in [0.5, 0.6) is 0 Å². The molecule has 2 saturated heterocycles. The lowest BCUT2D eigenvalue weighted by atomic mass is 10.0. The fourth-order valence-corrected chi connectivity index (χ4v) is 4.25. The second-order valence-corrected chi connectivity index (χ2v) is 6.75. The SMILES string of the molecule is NC(=O)/C=C/CNC(=O)CCCC[C@H]1SC[C@H]2NC(=O)N[C@H]21. The molecule has 0 aromatic carbocycles. The largest absolute Gasteiger partial charge is 0.366 e. The summed E-state index contributed by atoms with van der Waals surface area (Å²) in [6, 6.07) is 0.414. The number of hydrogen-bond donors (Lipinski definition) is 4. The van der Waals surface area contributed by atoms with Crippen LogP contribution in [0.25, 0.3) is 0 Å². The quantitative estimate of drug-likeness (QED) is 0.283. The van der Waals surface area contributed by atoms with Crippen molar-refractivity contribution in [3.63, 3.8) is 0 Å². The van der Waals surface area contributed by atoms with Gasteiger partial charge in [-0.3, -0.25) is 9.59 Å². The average molecular weight is 326 g/mol. The van der Waals surface area contributed by atoms with Crippen LogP contribution >= 0.6 is 11.8 Å². The highest BCUT2D eigenvalue weighted by Crippen LogP contribution is 2.33. The summed E-state index contributed by atoms with van der Waals surface area (Å²) in [5.74, 6) is 0.415. The zero-order chi connectivity index (χ0) is 15.9. The van der Waals surface area contributed by atoms with Gasteiger partial charge in [0.05, 0.1) is 12.1 Å². The zero-order valence-electron chi connectivity index (χ0n) is 12.3. The number of unbranched alkanes of at least 4 members (excludes halogenated alkanes) is 1. The summed E-state index contributed by atoms with van der Waals surface area (Å²) in [4.78, 5) is 33.3. The Hall–Kier alpha value is -1.70. The summed E-state index contributed by atoms with van der Waals surface area (Å²) >= 11 is 1.88.